The number of aryl methyl sites for hydroxylation is 1. The lowest BCUT2D eigenvalue weighted by Crippen LogP contribution is -2.05. The molecule has 0 atom stereocenters. The SMILES string of the molecule is Cn1ccc(Cn2c(CCl)nc3cc(F)c(Br)cc32)n1. The fraction of sp³-hybridized carbons (Fsp3) is 0.231. The quantitative estimate of drug-likeness (QED) is 0.673. The minimum atomic E-state index is -0.332. The molecule has 1 aromatic carbocycles. The number of nitrogens with zero attached hydrogens (tertiary/aromatic N) is 4. The molecule has 2 aromatic heterocycles. The topological polar surface area (TPSA) is 35.6 Å². The maximum Gasteiger partial charge on any atom is 0.139 e. The summed E-state index contributed by atoms with van der Waals surface area (Å²) < 4.78 is 17.7. The zero-order valence-electron chi connectivity index (χ0n) is 10.6. The van der Waals surface area contributed by atoms with E-state index >= 15 is 0 Å². The number of alkyl halides is 1. The maximum absolute atomic E-state index is 13.6. The summed E-state index contributed by atoms with van der Waals surface area (Å²) >= 11 is 9.14. The summed E-state index contributed by atoms with van der Waals surface area (Å²) in [6.07, 6.45) is 1.88. The zero-order chi connectivity index (χ0) is 14.3. The fourth-order valence-electron chi connectivity index (χ4n) is 2.16. The second-order valence-electron chi connectivity index (χ2n) is 4.48. The monoisotopic (exact) mass is 356 g/mol. The summed E-state index contributed by atoms with van der Waals surface area (Å²) in [5, 5.41) is 4.35. The van der Waals surface area contributed by atoms with Crippen LogP contribution in [0.1, 0.15) is 11.5 Å². The highest BCUT2D eigenvalue weighted by Gasteiger charge is 2.14. The van der Waals surface area contributed by atoms with Crippen molar-refractivity contribution in [2.45, 2.75) is 12.4 Å². The first kappa shape index (κ1) is 13.6. The number of fused-ring (bicyclic) bond motifs is 1. The molecule has 0 bridgehead atoms. The number of rotatable bonds is 3. The van der Waals surface area contributed by atoms with Crippen molar-refractivity contribution in [1.82, 2.24) is 19.3 Å². The van der Waals surface area contributed by atoms with Gasteiger partial charge in [-0.25, -0.2) is 9.37 Å². The first-order chi connectivity index (χ1) is 9.58. The van der Waals surface area contributed by atoms with Gasteiger partial charge in [0.25, 0.3) is 0 Å². The Balaban J connectivity index is 2.14. The first-order valence-corrected chi connectivity index (χ1v) is 7.30. The lowest BCUT2D eigenvalue weighted by Gasteiger charge is -2.06. The third kappa shape index (κ3) is 2.33. The molecule has 20 heavy (non-hydrogen) atoms. The van der Waals surface area contributed by atoms with Crippen LogP contribution < -0.4 is 0 Å². The summed E-state index contributed by atoms with van der Waals surface area (Å²) in [7, 11) is 1.87. The lowest BCUT2D eigenvalue weighted by molar-refractivity contribution is 0.622. The van der Waals surface area contributed by atoms with E-state index in [2.05, 4.69) is 26.0 Å². The van der Waals surface area contributed by atoms with Crippen LogP contribution in [-0.2, 0) is 19.5 Å². The molecular weight excluding hydrogens is 347 g/mol. The van der Waals surface area contributed by atoms with E-state index in [0.717, 1.165) is 11.2 Å². The second kappa shape index (κ2) is 5.18. The second-order valence-corrected chi connectivity index (χ2v) is 5.61. The third-order valence-corrected chi connectivity index (χ3v) is 3.92. The van der Waals surface area contributed by atoms with Crippen LogP contribution in [0.5, 0.6) is 0 Å². The van der Waals surface area contributed by atoms with Gasteiger partial charge in [-0.15, -0.1) is 11.6 Å². The highest BCUT2D eigenvalue weighted by atomic mass is 79.9. The van der Waals surface area contributed by atoms with Gasteiger partial charge < -0.3 is 4.57 Å². The molecule has 0 aliphatic carbocycles. The normalized spacial score (nSPS) is 11.4. The van der Waals surface area contributed by atoms with E-state index in [0.29, 0.717) is 22.4 Å². The number of imidazole rings is 1. The van der Waals surface area contributed by atoms with Crippen molar-refractivity contribution >= 4 is 38.6 Å². The number of aromatic nitrogens is 4. The molecule has 0 amide bonds. The van der Waals surface area contributed by atoms with Crippen LogP contribution >= 0.6 is 27.5 Å². The van der Waals surface area contributed by atoms with E-state index in [1.807, 2.05) is 23.9 Å². The molecule has 0 saturated heterocycles. The van der Waals surface area contributed by atoms with Crippen molar-refractivity contribution in [2.24, 2.45) is 7.05 Å². The minimum absolute atomic E-state index is 0.265. The predicted molar refractivity (Wildman–Crippen MR) is 79.3 cm³/mol. The molecule has 104 valence electrons. The van der Waals surface area contributed by atoms with Crippen molar-refractivity contribution in [3.05, 3.63) is 46.2 Å². The van der Waals surface area contributed by atoms with Crippen LogP contribution in [0.4, 0.5) is 4.39 Å². The van der Waals surface area contributed by atoms with Gasteiger partial charge in [-0.3, -0.25) is 4.68 Å². The standard InChI is InChI=1S/C13H11BrClFN4/c1-19-3-2-8(18-19)7-20-12-4-9(14)10(16)5-11(12)17-13(20)6-15/h2-5H,6-7H2,1H3. The van der Waals surface area contributed by atoms with E-state index < -0.39 is 0 Å². The molecule has 3 rings (SSSR count). The molecule has 7 heteroatoms. The van der Waals surface area contributed by atoms with Crippen LogP contribution in [0.15, 0.2) is 28.9 Å². The molecule has 0 spiro atoms. The van der Waals surface area contributed by atoms with Crippen LogP contribution in [0, 0.1) is 5.82 Å². The highest BCUT2D eigenvalue weighted by molar-refractivity contribution is 9.10. The molecule has 4 nitrogen and oxygen atoms in total. The van der Waals surface area contributed by atoms with Gasteiger partial charge in [0.05, 0.1) is 33.6 Å². The molecule has 0 aliphatic heterocycles. The number of halogens is 3. The molecular formula is C13H11BrClFN4. The van der Waals surface area contributed by atoms with Crippen LogP contribution in [0.2, 0.25) is 0 Å². The Morgan fingerprint density at radius 2 is 2.20 bits per heavy atom. The summed E-state index contributed by atoms with van der Waals surface area (Å²) in [6.45, 7) is 0.553. The van der Waals surface area contributed by atoms with Gasteiger partial charge in [0.1, 0.15) is 11.6 Å². The van der Waals surface area contributed by atoms with Crippen LogP contribution in [0.25, 0.3) is 11.0 Å². The van der Waals surface area contributed by atoms with Crippen molar-refractivity contribution in [2.75, 3.05) is 0 Å². The Kier molecular flexibility index (Phi) is 3.52. The Morgan fingerprint density at radius 1 is 1.40 bits per heavy atom. The molecule has 0 aliphatic rings. The Morgan fingerprint density at radius 3 is 2.85 bits per heavy atom. The van der Waals surface area contributed by atoms with E-state index in [4.69, 9.17) is 11.6 Å². The van der Waals surface area contributed by atoms with E-state index in [1.165, 1.54) is 6.07 Å². The molecule has 0 radical (unpaired) electrons. The smallest absolute Gasteiger partial charge is 0.139 e. The van der Waals surface area contributed by atoms with E-state index in [-0.39, 0.29) is 11.7 Å². The van der Waals surface area contributed by atoms with Gasteiger partial charge >= 0.3 is 0 Å². The highest BCUT2D eigenvalue weighted by Crippen LogP contribution is 2.25. The van der Waals surface area contributed by atoms with Crippen LogP contribution in [-0.4, -0.2) is 19.3 Å². The first-order valence-electron chi connectivity index (χ1n) is 5.97. The van der Waals surface area contributed by atoms with Crippen LogP contribution in [0.3, 0.4) is 0 Å². The third-order valence-electron chi connectivity index (χ3n) is 3.08. The molecule has 0 N–H and O–H groups in total. The number of hydrogen-bond donors (Lipinski definition) is 0. The average Bonchev–Trinajstić information content (AvgIpc) is 2.96. The average molecular weight is 358 g/mol. The number of benzene rings is 1. The van der Waals surface area contributed by atoms with Crippen molar-refractivity contribution in [1.29, 1.82) is 0 Å². The number of hydrogen-bond acceptors (Lipinski definition) is 2. The van der Waals surface area contributed by atoms with Crippen molar-refractivity contribution < 1.29 is 4.39 Å². The van der Waals surface area contributed by atoms with Gasteiger partial charge in [-0.2, -0.15) is 5.10 Å². The molecule has 0 saturated carbocycles. The van der Waals surface area contributed by atoms with Gasteiger partial charge in [-0.1, -0.05) is 0 Å². The van der Waals surface area contributed by atoms with Gasteiger partial charge in [0.15, 0.2) is 0 Å². The minimum Gasteiger partial charge on any atom is -0.321 e. The lowest BCUT2D eigenvalue weighted by atomic mass is 10.3. The summed E-state index contributed by atoms with van der Waals surface area (Å²) in [6, 6.07) is 5.06. The predicted octanol–water partition coefficient (Wildman–Crippen LogP) is 3.46. The molecule has 0 unspecified atom stereocenters. The summed E-state index contributed by atoms with van der Waals surface area (Å²) in [5.74, 6) is 0.631. The molecule has 3 aromatic rings. The Hall–Kier alpha value is -1.40. The maximum atomic E-state index is 13.6. The Bertz CT molecular complexity index is 780. The van der Waals surface area contributed by atoms with Gasteiger partial charge in [-0.05, 0) is 28.1 Å². The summed E-state index contributed by atoms with van der Waals surface area (Å²) in [4.78, 5) is 4.37. The Labute approximate surface area is 128 Å². The molecule has 0 fully saturated rings. The van der Waals surface area contributed by atoms with Crippen molar-refractivity contribution in [3.63, 3.8) is 0 Å². The zero-order valence-corrected chi connectivity index (χ0v) is 13.0. The summed E-state index contributed by atoms with van der Waals surface area (Å²) in [5.41, 5.74) is 2.33. The molecule has 2 heterocycles. The van der Waals surface area contributed by atoms with Gasteiger partial charge in [0.2, 0.25) is 0 Å². The fourth-order valence-corrected chi connectivity index (χ4v) is 2.69. The van der Waals surface area contributed by atoms with E-state index in [9.17, 15) is 4.39 Å². The largest absolute Gasteiger partial charge is 0.321 e. The van der Waals surface area contributed by atoms with E-state index in [1.54, 1.807) is 10.7 Å². The van der Waals surface area contributed by atoms with Crippen molar-refractivity contribution in [3.8, 4) is 0 Å². The van der Waals surface area contributed by atoms with Gasteiger partial charge in [0, 0.05) is 19.3 Å².